The van der Waals surface area contributed by atoms with E-state index in [1.807, 2.05) is 13.8 Å². The Kier molecular flexibility index (Phi) is 1.92. The zero-order chi connectivity index (χ0) is 6.85. The van der Waals surface area contributed by atoms with Gasteiger partial charge < -0.3 is 10.7 Å². The van der Waals surface area contributed by atoms with Crippen LogP contribution in [0.4, 0.5) is 5.82 Å². The predicted octanol–water partition coefficient (Wildman–Crippen LogP) is 1.78. The fourth-order valence-corrected chi connectivity index (χ4v) is 0.542. The van der Waals surface area contributed by atoms with E-state index in [0.29, 0.717) is 0 Å². The van der Waals surface area contributed by atoms with Crippen LogP contribution in [0.25, 0.3) is 5.73 Å². The topological polar surface area (TPSA) is 49.6 Å². The second-order valence-corrected chi connectivity index (χ2v) is 1.93. The van der Waals surface area contributed by atoms with Crippen LogP contribution in [0.1, 0.15) is 11.4 Å². The molecule has 4 heteroatoms. The fraction of sp³-hybridized carbons (Fsp3) is 0.333. The number of hydrogen-bond donors (Lipinski definition) is 0. The summed E-state index contributed by atoms with van der Waals surface area (Å²) in [6, 6.07) is 0. The number of nitrogens with zero attached hydrogens (tertiary/aromatic N) is 2. The number of aryl methyl sites for hydroxylation is 2. The smallest absolute Gasteiger partial charge is 0.0361 e. The van der Waals surface area contributed by atoms with E-state index in [1.165, 1.54) is 6.20 Å². The summed E-state index contributed by atoms with van der Waals surface area (Å²) in [4.78, 5) is 7.81. The van der Waals surface area contributed by atoms with Gasteiger partial charge in [-0.15, -0.1) is 0 Å². The van der Waals surface area contributed by atoms with Gasteiger partial charge in [-0.2, -0.15) is 0 Å². The van der Waals surface area contributed by atoms with Gasteiger partial charge in [-0.3, -0.25) is 4.98 Å². The van der Waals surface area contributed by atoms with E-state index in [0.717, 1.165) is 11.4 Å². The molecule has 0 atom stereocenters. The quantitative estimate of drug-likeness (QED) is 0.680. The van der Waals surface area contributed by atoms with Gasteiger partial charge in [-0.1, -0.05) is 0 Å². The average Bonchev–Trinajstić information content (AvgIpc) is 1.80. The minimum atomic E-state index is 0. The monoisotopic (exact) mass is 389 g/mol. The molecule has 0 radical (unpaired) electrons. The fourth-order valence-electron chi connectivity index (χ4n) is 0.542. The normalized spacial score (nSPS) is 8.60. The molecule has 1 aromatic rings. The number of rotatable bonds is 0. The van der Waals surface area contributed by atoms with Gasteiger partial charge in [0, 0.05) is 11.9 Å². The van der Waals surface area contributed by atoms with E-state index in [4.69, 9.17) is 5.73 Å². The van der Waals surface area contributed by atoms with E-state index < -0.39 is 0 Å². The summed E-state index contributed by atoms with van der Waals surface area (Å²) >= 11 is 0. The van der Waals surface area contributed by atoms with Crippen LogP contribution in [0.15, 0.2) is 6.20 Å². The minimum Gasteiger partial charge on any atom is -0.481 e. The first-order chi connectivity index (χ1) is 4.20. The Morgan fingerprint density at radius 2 is 1.90 bits per heavy atom. The third-order valence-electron chi connectivity index (χ3n) is 1.19. The Hall–Kier alpha value is -2.12. The Morgan fingerprint density at radius 3 is 2.30 bits per heavy atom. The molecule has 10 heavy (non-hydrogen) atoms. The molecule has 0 aliphatic carbocycles. The zero-order valence-electron chi connectivity index (χ0n) is 6.18. The molecule has 0 unspecified atom stereocenters. The molecule has 1 rings (SSSR count). The van der Waals surface area contributed by atoms with E-state index in [2.05, 4.69) is 9.97 Å². The summed E-state index contributed by atoms with van der Waals surface area (Å²) in [5, 5.41) is 0. The van der Waals surface area contributed by atoms with Crippen LogP contribution in [0.2, 0.25) is 0 Å². The molecule has 1 N–H and O–H groups in total. The molecule has 0 fully saturated rings. The van der Waals surface area contributed by atoms with E-state index in [9.17, 15) is 0 Å². The van der Waals surface area contributed by atoms with Crippen molar-refractivity contribution in [2.75, 3.05) is 0 Å². The SMILES string of the molecule is Cc1ncc([NH-])nc1C.[Rf]. The predicted molar refractivity (Wildman–Crippen MR) is 35.5 cm³/mol. The van der Waals surface area contributed by atoms with Crippen LogP contribution in [-0.4, -0.2) is 9.97 Å². The van der Waals surface area contributed by atoms with Gasteiger partial charge >= 0.3 is 0 Å². The van der Waals surface area contributed by atoms with E-state index >= 15 is 0 Å². The summed E-state index contributed by atoms with van der Waals surface area (Å²) in [6.45, 7) is 3.72. The number of aromatic nitrogens is 2. The third kappa shape index (κ3) is 1.18. The van der Waals surface area contributed by atoms with Crippen molar-refractivity contribution in [3.63, 3.8) is 0 Å². The van der Waals surface area contributed by atoms with Gasteiger partial charge in [-0.05, 0) is 25.4 Å². The number of nitrogens with one attached hydrogen (secondary N) is 1. The first-order valence-corrected chi connectivity index (χ1v) is 2.72. The molecule has 0 spiro atoms. The van der Waals surface area contributed by atoms with Gasteiger partial charge in [0.1, 0.15) is 0 Å². The van der Waals surface area contributed by atoms with Crippen molar-refractivity contribution < 1.29 is 0 Å². The summed E-state index contributed by atoms with van der Waals surface area (Å²) in [5.41, 5.74) is 8.79. The van der Waals surface area contributed by atoms with Crippen LogP contribution in [0.3, 0.4) is 0 Å². The third-order valence-corrected chi connectivity index (χ3v) is 1.19. The molecule has 0 saturated heterocycles. The molecule has 50 valence electrons. The van der Waals surface area contributed by atoms with Crippen LogP contribution in [-0.2, 0) is 0 Å². The molecule has 0 amide bonds. The van der Waals surface area contributed by atoms with Crippen molar-refractivity contribution in [1.29, 1.82) is 0 Å². The molecule has 3 nitrogen and oxygen atoms in total. The first-order valence-electron chi connectivity index (χ1n) is 2.72. The average molecular weight is 389 g/mol. The van der Waals surface area contributed by atoms with Crippen LogP contribution in [0.5, 0.6) is 0 Å². The zero-order valence-corrected chi connectivity index (χ0v) is 12.6. The van der Waals surface area contributed by atoms with Crippen molar-refractivity contribution in [2.24, 2.45) is 0 Å². The standard InChI is InChI=1S/C6H8N3.Rf/c1-4-5(2)9-6(7)3-8-4;/h3H,1-2H3,(H-,7,9);/q-1;. The Labute approximate surface area is 53.9 Å². The van der Waals surface area contributed by atoms with E-state index in [-0.39, 0.29) is 5.82 Å². The molecule has 1 aromatic heterocycles. The summed E-state index contributed by atoms with van der Waals surface area (Å²) in [6.07, 6.45) is 1.45. The Balaban J connectivity index is 0.000000810. The largest absolute Gasteiger partial charge is 0.481 e. The van der Waals surface area contributed by atoms with Gasteiger partial charge in [0.2, 0.25) is 0 Å². The summed E-state index contributed by atoms with van der Waals surface area (Å²) in [5.74, 6) is 0.234. The molecule has 0 saturated carbocycles. The molecular formula is C6H8N3Rf-. The minimum absolute atomic E-state index is 0. The van der Waals surface area contributed by atoms with Crippen molar-refractivity contribution in [2.45, 2.75) is 13.8 Å². The maximum absolute atomic E-state index is 7.06. The van der Waals surface area contributed by atoms with Crippen LogP contribution < -0.4 is 0 Å². The molecule has 0 bridgehead atoms. The van der Waals surface area contributed by atoms with Gasteiger partial charge in [0.25, 0.3) is 0 Å². The first kappa shape index (κ1) is 7.88. The molecule has 1 heterocycles. The molecule has 0 aromatic carbocycles. The second-order valence-electron chi connectivity index (χ2n) is 1.93. The van der Waals surface area contributed by atoms with Gasteiger partial charge in [0.15, 0.2) is 0 Å². The maximum Gasteiger partial charge on any atom is 0.0361 e. The molecule has 0 aliphatic heterocycles. The summed E-state index contributed by atoms with van der Waals surface area (Å²) in [7, 11) is 0. The number of hydrogen-bond acceptors (Lipinski definition) is 2. The molecular weight excluding hydrogens is 381 g/mol. The van der Waals surface area contributed by atoms with Crippen molar-refractivity contribution in [1.82, 2.24) is 9.97 Å². The van der Waals surface area contributed by atoms with Gasteiger partial charge in [0.05, 0.1) is 0 Å². The Bertz CT molecular complexity index is 224. The van der Waals surface area contributed by atoms with E-state index in [1.54, 1.807) is 0 Å². The van der Waals surface area contributed by atoms with Crippen LogP contribution >= 0.6 is 0 Å². The van der Waals surface area contributed by atoms with Crippen LogP contribution in [0, 0.1) is 13.8 Å². The Morgan fingerprint density at radius 1 is 1.30 bits per heavy atom. The molecule has 0 aliphatic rings. The maximum atomic E-state index is 7.06. The van der Waals surface area contributed by atoms with Crippen molar-refractivity contribution in [3.8, 4) is 0 Å². The second kappa shape index (κ2) is 2.44. The van der Waals surface area contributed by atoms with Crippen molar-refractivity contribution >= 4 is 5.82 Å². The van der Waals surface area contributed by atoms with Crippen molar-refractivity contribution in [3.05, 3.63) is 23.3 Å². The van der Waals surface area contributed by atoms with Gasteiger partial charge in [-0.25, -0.2) is 0 Å². The summed E-state index contributed by atoms with van der Waals surface area (Å²) < 4.78 is 0.